The molecule has 0 aliphatic carbocycles. The second-order valence-electron chi connectivity index (χ2n) is 4.46. The monoisotopic (exact) mass is 293 g/mol. The molecule has 0 aliphatic heterocycles. The van der Waals surface area contributed by atoms with Crippen LogP contribution < -0.4 is 14.8 Å². The summed E-state index contributed by atoms with van der Waals surface area (Å²) in [4.78, 5) is 22.1. The highest BCUT2D eigenvalue weighted by molar-refractivity contribution is 5.92. The second-order valence-corrected chi connectivity index (χ2v) is 4.46. The number of carbonyl (C=O) groups is 2. The molecule has 1 aromatic carbocycles. The van der Waals surface area contributed by atoms with Gasteiger partial charge in [-0.3, -0.25) is 9.59 Å². The van der Waals surface area contributed by atoms with Crippen LogP contribution in [0.2, 0.25) is 0 Å². The molecule has 6 heteroatoms. The Morgan fingerprint density at radius 3 is 2.52 bits per heavy atom. The predicted molar refractivity (Wildman–Crippen MR) is 78.4 cm³/mol. The Hall–Kier alpha value is -2.50. The zero-order valence-corrected chi connectivity index (χ0v) is 12.3. The first-order valence-electron chi connectivity index (χ1n) is 6.38. The third kappa shape index (κ3) is 5.56. The molecule has 0 aromatic heterocycles. The summed E-state index contributed by atoms with van der Waals surface area (Å²) < 4.78 is 10.3. The van der Waals surface area contributed by atoms with E-state index in [0.717, 1.165) is 5.56 Å². The first kappa shape index (κ1) is 16.6. The summed E-state index contributed by atoms with van der Waals surface area (Å²) in [5.74, 6) is -0.126. The lowest BCUT2D eigenvalue weighted by molar-refractivity contribution is -0.137. The highest BCUT2D eigenvalue weighted by Crippen LogP contribution is 2.27. The number of hydrogen-bond donors (Lipinski definition) is 2. The summed E-state index contributed by atoms with van der Waals surface area (Å²) in [6, 6.07) is 4.84. The lowest BCUT2D eigenvalue weighted by Gasteiger charge is -2.09. The SMILES string of the molecule is COc1ccc(C=CC(=O)NC(C)CC(=O)O)cc1OC. The van der Waals surface area contributed by atoms with Crippen molar-refractivity contribution in [3.63, 3.8) is 0 Å². The van der Waals surface area contributed by atoms with Gasteiger partial charge < -0.3 is 19.9 Å². The van der Waals surface area contributed by atoms with Crippen LogP contribution in [0.3, 0.4) is 0 Å². The van der Waals surface area contributed by atoms with Crippen LogP contribution in [0.1, 0.15) is 18.9 Å². The van der Waals surface area contributed by atoms with Gasteiger partial charge in [0.25, 0.3) is 0 Å². The number of hydrogen-bond acceptors (Lipinski definition) is 4. The number of methoxy groups -OCH3 is 2. The largest absolute Gasteiger partial charge is 0.493 e. The molecule has 0 saturated carbocycles. The molecular weight excluding hydrogens is 274 g/mol. The minimum atomic E-state index is -0.952. The number of benzene rings is 1. The van der Waals surface area contributed by atoms with Gasteiger partial charge in [0.1, 0.15) is 0 Å². The van der Waals surface area contributed by atoms with Gasteiger partial charge in [-0.1, -0.05) is 6.07 Å². The number of ether oxygens (including phenoxy) is 2. The zero-order valence-electron chi connectivity index (χ0n) is 12.3. The molecule has 1 unspecified atom stereocenters. The molecule has 0 saturated heterocycles. The Labute approximate surface area is 123 Å². The fourth-order valence-electron chi connectivity index (χ4n) is 1.73. The van der Waals surface area contributed by atoms with Gasteiger partial charge in [-0.2, -0.15) is 0 Å². The van der Waals surface area contributed by atoms with E-state index in [-0.39, 0.29) is 12.3 Å². The number of aliphatic carboxylic acids is 1. The number of carboxylic acid groups (broad SMARTS) is 1. The van der Waals surface area contributed by atoms with Crippen LogP contribution in [0, 0.1) is 0 Å². The highest BCUT2D eigenvalue weighted by atomic mass is 16.5. The molecule has 1 atom stereocenters. The quantitative estimate of drug-likeness (QED) is 0.747. The predicted octanol–water partition coefficient (Wildman–Crippen LogP) is 1.70. The maximum atomic E-state index is 11.6. The standard InChI is InChI=1S/C15H19NO5/c1-10(8-15(18)19)16-14(17)7-5-11-4-6-12(20-2)13(9-11)21-3/h4-7,9-10H,8H2,1-3H3,(H,16,17)(H,18,19). The van der Waals surface area contributed by atoms with Crippen molar-refractivity contribution in [3.8, 4) is 11.5 Å². The van der Waals surface area contributed by atoms with E-state index in [0.29, 0.717) is 11.5 Å². The fourth-order valence-corrected chi connectivity index (χ4v) is 1.73. The molecule has 1 rings (SSSR count). The molecule has 0 aliphatic rings. The molecule has 114 valence electrons. The van der Waals surface area contributed by atoms with Gasteiger partial charge in [-0.05, 0) is 30.7 Å². The van der Waals surface area contributed by atoms with Crippen LogP contribution in [0.5, 0.6) is 11.5 Å². The molecule has 21 heavy (non-hydrogen) atoms. The third-order valence-electron chi connectivity index (χ3n) is 2.70. The summed E-state index contributed by atoms with van der Waals surface area (Å²) in [7, 11) is 3.08. The molecule has 2 N–H and O–H groups in total. The van der Waals surface area contributed by atoms with Gasteiger partial charge in [-0.25, -0.2) is 0 Å². The topological polar surface area (TPSA) is 84.9 Å². The number of nitrogens with one attached hydrogen (secondary N) is 1. The number of rotatable bonds is 7. The van der Waals surface area contributed by atoms with Crippen molar-refractivity contribution in [1.82, 2.24) is 5.32 Å². The first-order chi connectivity index (χ1) is 9.96. The lowest BCUT2D eigenvalue weighted by atomic mass is 10.2. The first-order valence-corrected chi connectivity index (χ1v) is 6.38. The molecule has 1 amide bonds. The Morgan fingerprint density at radius 2 is 1.95 bits per heavy atom. The minimum absolute atomic E-state index is 0.115. The second kappa shape index (κ2) is 7.94. The Bertz CT molecular complexity index is 539. The van der Waals surface area contributed by atoms with Crippen LogP contribution in [-0.4, -0.2) is 37.2 Å². The molecule has 0 fully saturated rings. The van der Waals surface area contributed by atoms with E-state index in [4.69, 9.17) is 14.6 Å². The van der Waals surface area contributed by atoms with E-state index in [1.807, 2.05) is 0 Å². The van der Waals surface area contributed by atoms with E-state index in [1.165, 1.54) is 13.2 Å². The van der Waals surface area contributed by atoms with Crippen molar-refractivity contribution in [1.29, 1.82) is 0 Å². The zero-order chi connectivity index (χ0) is 15.8. The average Bonchev–Trinajstić information content (AvgIpc) is 2.43. The maximum absolute atomic E-state index is 11.6. The van der Waals surface area contributed by atoms with E-state index in [2.05, 4.69) is 5.32 Å². The van der Waals surface area contributed by atoms with Crippen LogP contribution in [-0.2, 0) is 9.59 Å². The summed E-state index contributed by atoms with van der Waals surface area (Å²) in [5, 5.41) is 11.2. The fraction of sp³-hybridized carbons (Fsp3) is 0.333. The van der Waals surface area contributed by atoms with Crippen molar-refractivity contribution in [2.24, 2.45) is 0 Å². The average molecular weight is 293 g/mol. The van der Waals surface area contributed by atoms with Crippen LogP contribution in [0.15, 0.2) is 24.3 Å². The third-order valence-corrected chi connectivity index (χ3v) is 2.70. The molecule has 0 radical (unpaired) electrons. The summed E-state index contributed by atoms with van der Waals surface area (Å²) in [5.41, 5.74) is 0.772. The normalized spacial score (nSPS) is 12.0. The lowest BCUT2D eigenvalue weighted by Crippen LogP contribution is -2.32. The van der Waals surface area contributed by atoms with Gasteiger partial charge in [-0.15, -0.1) is 0 Å². The summed E-state index contributed by atoms with van der Waals surface area (Å²) in [6.07, 6.45) is 2.85. The van der Waals surface area contributed by atoms with E-state index >= 15 is 0 Å². The van der Waals surface area contributed by atoms with Crippen molar-refractivity contribution < 1.29 is 24.2 Å². The molecule has 0 heterocycles. The number of carbonyl (C=O) groups excluding carboxylic acids is 1. The van der Waals surface area contributed by atoms with Gasteiger partial charge in [0.05, 0.1) is 20.6 Å². The van der Waals surface area contributed by atoms with Crippen LogP contribution >= 0.6 is 0 Å². The van der Waals surface area contributed by atoms with Crippen molar-refractivity contribution in [2.75, 3.05) is 14.2 Å². The van der Waals surface area contributed by atoms with Crippen molar-refractivity contribution in [3.05, 3.63) is 29.8 Å². The maximum Gasteiger partial charge on any atom is 0.305 e. The van der Waals surface area contributed by atoms with Gasteiger partial charge in [0.2, 0.25) is 5.91 Å². The Morgan fingerprint density at radius 1 is 1.29 bits per heavy atom. The van der Waals surface area contributed by atoms with Gasteiger partial charge in [0.15, 0.2) is 11.5 Å². The van der Waals surface area contributed by atoms with Gasteiger partial charge >= 0.3 is 5.97 Å². The summed E-state index contributed by atoms with van der Waals surface area (Å²) >= 11 is 0. The Kier molecular flexibility index (Phi) is 6.26. The Balaban J connectivity index is 2.67. The smallest absolute Gasteiger partial charge is 0.305 e. The van der Waals surface area contributed by atoms with E-state index in [1.54, 1.807) is 38.3 Å². The molecular formula is C15H19NO5. The number of amides is 1. The van der Waals surface area contributed by atoms with E-state index < -0.39 is 12.0 Å². The van der Waals surface area contributed by atoms with Crippen LogP contribution in [0.4, 0.5) is 0 Å². The van der Waals surface area contributed by atoms with E-state index in [9.17, 15) is 9.59 Å². The molecule has 0 spiro atoms. The summed E-state index contributed by atoms with van der Waals surface area (Å²) in [6.45, 7) is 1.64. The minimum Gasteiger partial charge on any atom is -0.493 e. The van der Waals surface area contributed by atoms with Crippen molar-refractivity contribution >= 4 is 18.0 Å². The highest BCUT2D eigenvalue weighted by Gasteiger charge is 2.09. The molecule has 6 nitrogen and oxygen atoms in total. The molecule has 1 aromatic rings. The molecule has 0 bridgehead atoms. The van der Waals surface area contributed by atoms with Gasteiger partial charge in [0, 0.05) is 12.1 Å². The van der Waals surface area contributed by atoms with Crippen LogP contribution in [0.25, 0.3) is 6.08 Å². The van der Waals surface area contributed by atoms with Crippen molar-refractivity contribution in [2.45, 2.75) is 19.4 Å². The number of carboxylic acids is 1.